The number of allylic oxidation sites excluding steroid dienone is 1. The molecule has 0 radical (unpaired) electrons. The average molecular weight is 334 g/mol. The van der Waals surface area contributed by atoms with E-state index in [2.05, 4.69) is 31.9 Å². The van der Waals surface area contributed by atoms with Crippen molar-refractivity contribution in [1.29, 1.82) is 0 Å². The molecule has 2 nitrogen and oxygen atoms in total. The molecule has 0 spiro atoms. The number of carboxylic acids is 1. The normalized spacial score (nSPS) is 10.8. The Morgan fingerprint density at radius 2 is 2.20 bits per heavy atom. The summed E-state index contributed by atoms with van der Waals surface area (Å²) in [5.74, 6) is -0.902. The van der Waals surface area contributed by atoms with Crippen LogP contribution in [0.2, 0.25) is 0 Å². The molecule has 0 aliphatic heterocycles. The van der Waals surface area contributed by atoms with E-state index in [-0.39, 0.29) is 0 Å². The number of halogens is 2. The molecule has 0 fully saturated rings. The molecule has 0 saturated carbocycles. The predicted octanol–water partition coefficient (Wildman–Crippen LogP) is 3.95. The number of carbonyl (C=O) groups is 1. The van der Waals surface area contributed by atoms with Crippen molar-refractivity contribution in [1.82, 2.24) is 0 Å². The Balaban J connectivity index is 3.02. The topological polar surface area (TPSA) is 37.3 Å². The first-order valence-electron chi connectivity index (χ1n) is 4.40. The summed E-state index contributed by atoms with van der Waals surface area (Å²) < 4.78 is 0.881. The maximum atomic E-state index is 10.9. The number of benzene rings is 1. The zero-order valence-electron chi connectivity index (χ0n) is 7.91. The molecular formula is C11H10Br2O2. The average Bonchev–Trinajstić information content (AvgIpc) is 2.18. The van der Waals surface area contributed by atoms with E-state index in [1.165, 1.54) is 0 Å². The van der Waals surface area contributed by atoms with Crippen molar-refractivity contribution in [2.75, 3.05) is 5.33 Å². The van der Waals surface area contributed by atoms with Crippen molar-refractivity contribution in [3.05, 3.63) is 39.9 Å². The molecule has 0 amide bonds. The van der Waals surface area contributed by atoms with Gasteiger partial charge in [-0.2, -0.15) is 0 Å². The van der Waals surface area contributed by atoms with Gasteiger partial charge in [0.25, 0.3) is 0 Å². The molecule has 15 heavy (non-hydrogen) atoms. The summed E-state index contributed by atoms with van der Waals surface area (Å²) in [6.45, 7) is 0. The third-order valence-electron chi connectivity index (χ3n) is 1.82. The molecule has 0 atom stereocenters. The van der Waals surface area contributed by atoms with Gasteiger partial charge in [0.05, 0.1) is 5.56 Å². The van der Waals surface area contributed by atoms with Gasteiger partial charge >= 0.3 is 5.97 Å². The van der Waals surface area contributed by atoms with E-state index < -0.39 is 5.97 Å². The Labute approximate surface area is 105 Å². The zero-order valence-corrected chi connectivity index (χ0v) is 11.1. The molecule has 1 rings (SSSR count). The number of carboxylic acid groups (broad SMARTS) is 1. The first-order chi connectivity index (χ1) is 7.15. The van der Waals surface area contributed by atoms with Crippen LogP contribution in [0.5, 0.6) is 0 Å². The third-order valence-corrected chi connectivity index (χ3v) is 2.77. The molecule has 0 aromatic heterocycles. The third kappa shape index (κ3) is 3.80. The van der Waals surface area contributed by atoms with Gasteiger partial charge in [-0.15, -0.1) is 0 Å². The number of alkyl halides is 1. The van der Waals surface area contributed by atoms with Crippen LogP contribution in [0.1, 0.15) is 22.3 Å². The first-order valence-corrected chi connectivity index (χ1v) is 6.32. The predicted molar refractivity (Wildman–Crippen MR) is 68.5 cm³/mol. The van der Waals surface area contributed by atoms with Gasteiger partial charge in [0, 0.05) is 9.80 Å². The number of aromatic carboxylic acids is 1. The van der Waals surface area contributed by atoms with Crippen molar-refractivity contribution in [2.45, 2.75) is 6.42 Å². The van der Waals surface area contributed by atoms with Crippen molar-refractivity contribution >= 4 is 43.9 Å². The van der Waals surface area contributed by atoms with Crippen molar-refractivity contribution in [3.63, 3.8) is 0 Å². The second kappa shape index (κ2) is 6.08. The van der Waals surface area contributed by atoms with Crippen LogP contribution in [0.3, 0.4) is 0 Å². The fraction of sp³-hybridized carbons (Fsp3) is 0.182. The zero-order chi connectivity index (χ0) is 11.3. The summed E-state index contributed by atoms with van der Waals surface area (Å²) in [7, 11) is 0. The lowest BCUT2D eigenvalue weighted by atomic mass is 10.1. The van der Waals surface area contributed by atoms with Gasteiger partial charge in [-0.25, -0.2) is 4.79 Å². The minimum Gasteiger partial charge on any atom is -0.478 e. The molecule has 4 heteroatoms. The van der Waals surface area contributed by atoms with Gasteiger partial charge < -0.3 is 5.11 Å². The molecule has 1 aromatic rings. The van der Waals surface area contributed by atoms with Crippen molar-refractivity contribution < 1.29 is 9.90 Å². The summed E-state index contributed by atoms with van der Waals surface area (Å²) in [6.07, 6.45) is 4.66. The van der Waals surface area contributed by atoms with Gasteiger partial charge in [0.2, 0.25) is 0 Å². The summed E-state index contributed by atoms with van der Waals surface area (Å²) in [6, 6.07) is 5.12. The molecule has 0 saturated heterocycles. The van der Waals surface area contributed by atoms with Crippen LogP contribution in [0.4, 0.5) is 0 Å². The minimum atomic E-state index is -0.902. The highest BCUT2D eigenvalue weighted by atomic mass is 79.9. The number of rotatable bonds is 4. The lowest BCUT2D eigenvalue weighted by molar-refractivity contribution is 0.0696. The smallest absolute Gasteiger partial charge is 0.336 e. The highest BCUT2D eigenvalue weighted by molar-refractivity contribution is 9.10. The van der Waals surface area contributed by atoms with E-state index in [1.807, 2.05) is 12.2 Å². The SMILES string of the molecule is O=C(O)c1ccc(Br)cc1C=CCCBr. The highest BCUT2D eigenvalue weighted by Gasteiger charge is 2.07. The molecule has 0 heterocycles. The second-order valence-electron chi connectivity index (χ2n) is 2.92. The minimum absolute atomic E-state index is 0.323. The quantitative estimate of drug-likeness (QED) is 0.847. The fourth-order valence-corrected chi connectivity index (χ4v) is 1.78. The summed E-state index contributed by atoms with van der Waals surface area (Å²) in [5.41, 5.74) is 1.04. The highest BCUT2D eigenvalue weighted by Crippen LogP contribution is 2.18. The number of hydrogen-bond donors (Lipinski definition) is 1. The molecule has 0 aliphatic rings. The Morgan fingerprint density at radius 1 is 1.47 bits per heavy atom. The van der Waals surface area contributed by atoms with Crippen LogP contribution in [0.25, 0.3) is 6.08 Å². The molecule has 0 unspecified atom stereocenters. The van der Waals surface area contributed by atoms with E-state index in [1.54, 1.807) is 18.2 Å². The Morgan fingerprint density at radius 3 is 2.80 bits per heavy atom. The van der Waals surface area contributed by atoms with Crippen molar-refractivity contribution in [2.24, 2.45) is 0 Å². The molecule has 80 valence electrons. The molecule has 0 bridgehead atoms. The van der Waals surface area contributed by atoms with Crippen LogP contribution in [-0.4, -0.2) is 16.4 Å². The summed E-state index contributed by atoms with van der Waals surface area (Å²) >= 11 is 6.63. The van der Waals surface area contributed by atoms with Crippen LogP contribution < -0.4 is 0 Å². The monoisotopic (exact) mass is 332 g/mol. The Kier molecular flexibility index (Phi) is 5.05. The standard InChI is InChI=1S/C11H10Br2O2/c12-6-2-1-3-8-7-9(13)4-5-10(8)11(14)15/h1,3-5,7H,2,6H2,(H,14,15). The van der Waals surface area contributed by atoms with Crippen LogP contribution in [-0.2, 0) is 0 Å². The van der Waals surface area contributed by atoms with Gasteiger partial charge in [-0.1, -0.05) is 44.0 Å². The van der Waals surface area contributed by atoms with Crippen molar-refractivity contribution in [3.8, 4) is 0 Å². The van der Waals surface area contributed by atoms with Gasteiger partial charge in [0.15, 0.2) is 0 Å². The largest absolute Gasteiger partial charge is 0.478 e. The summed E-state index contributed by atoms with van der Waals surface area (Å²) in [5, 5.41) is 9.83. The van der Waals surface area contributed by atoms with Crippen LogP contribution >= 0.6 is 31.9 Å². The maximum Gasteiger partial charge on any atom is 0.336 e. The van der Waals surface area contributed by atoms with E-state index >= 15 is 0 Å². The second-order valence-corrected chi connectivity index (χ2v) is 4.63. The molecule has 1 aromatic carbocycles. The van der Waals surface area contributed by atoms with E-state index in [4.69, 9.17) is 5.11 Å². The van der Waals surface area contributed by atoms with E-state index in [0.717, 1.165) is 21.8 Å². The lowest BCUT2D eigenvalue weighted by Gasteiger charge is -2.01. The van der Waals surface area contributed by atoms with Gasteiger partial charge in [-0.05, 0) is 30.2 Å². The molecule has 0 aliphatic carbocycles. The summed E-state index contributed by atoms with van der Waals surface area (Å²) in [4.78, 5) is 10.9. The molecular weight excluding hydrogens is 324 g/mol. The van der Waals surface area contributed by atoms with Gasteiger partial charge in [0.1, 0.15) is 0 Å². The lowest BCUT2D eigenvalue weighted by Crippen LogP contribution is -1.98. The van der Waals surface area contributed by atoms with Crippen LogP contribution in [0.15, 0.2) is 28.7 Å². The Hall–Kier alpha value is -0.610. The van der Waals surface area contributed by atoms with Crippen LogP contribution in [0, 0.1) is 0 Å². The van der Waals surface area contributed by atoms with E-state index in [0.29, 0.717) is 5.56 Å². The number of hydrogen-bond acceptors (Lipinski definition) is 1. The fourth-order valence-electron chi connectivity index (χ4n) is 1.14. The Bertz CT molecular complexity index is 386. The first kappa shape index (κ1) is 12.5. The maximum absolute atomic E-state index is 10.9. The van der Waals surface area contributed by atoms with E-state index in [9.17, 15) is 4.79 Å². The van der Waals surface area contributed by atoms with Gasteiger partial charge in [-0.3, -0.25) is 0 Å². The molecule has 1 N–H and O–H groups in total.